The highest BCUT2D eigenvalue weighted by molar-refractivity contribution is 4.63. The van der Waals surface area contributed by atoms with Gasteiger partial charge >= 0.3 is 0 Å². The summed E-state index contributed by atoms with van der Waals surface area (Å²) in [7, 11) is 5.20. The zero-order valence-electron chi connectivity index (χ0n) is 37.8. The van der Waals surface area contributed by atoms with Crippen LogP contribution in [-0.4, -0.2) is 31.2 Å². The lowest BCUT2D eigenvalue weighted by molar-refractivity contribution is -0.916. The van der Waals surface area contributed by atoms with Gasteiger partial charge in [0.1, 0.15) is 0 Å². The second kappa shape index (κ2) is 43.7. The molecule has 0 rings (SSSR count). The zero-order valence-corrected chi connectivity index (χ0v) is 37.8. The number of nitrogens with zero attached hydrogens (tertiary/aromatic N) is 1. The maximum Gasteiger partial charge on any atom is 0.0886 e. The van der Waals surface area contributed by atoms with E-state index in [0.717, 1.165) is 6.04 Å². The van der Waals surface area contributed by atoms with Crippen molar-refractivity contribution in [3.05, 3.63) is 0 Å². The van der Waals surface area contributed by atoms with E-state index in [0.29, 0.717) is 0 Å². The predicted molar refractivity (Wildman–Crippen MR) is 241 cm³/mol. The van der Waals surface area contributed by atoms with Gasteiger partial charge in [-0.1, -0.05) is 265 Å². The van der Waals surface area contributed by atoms with Gasteiger partial charge in [-0.25, -0.2) is 0 Å². The average Bonchev–Trinajstić information content (AvgIpc) is 3.14. The molecule has 0 aromatic rings. The van der Waals surface area contributed by atoms with Crippen molar-refractivity contribution in [3.63, 3.8) is 0 Å². The molecule has 0 saturated carbocycles. The van der Waals surface area contributed by atoms with Gasteiger partial charge in [0, 0.05) is 0 Å². The fraction of sp³-hybridized carbons (Fsp3) is 1.00. The van der Waals surface area contributed by atoms with E-state index in [4.69, 9.17) is 0 Å². The quantitative estimate of drug-likeness (QED) is 0.0432. The Morgan fingerprint density at radius 2 is 0.404 bits per heavy atom. The molecule has 0 radical (unpaired) electrons. The number of hydrogen-bond donors (Lipinski definition) is 0. The molecule has 0 spiro atoms. The van der Waals surface area contributed by atoms with Crippen LogP contribution in [0.3, 0.4) is 0 Å². The van der Waals surface area contributed by atoms with Gasteiger partial charge in [-0.05, 0) is 38.5 Å². The van der Waals surface area contributed by atoms with Gasteiger partial charge in [-0.3, -0.25) is 0 Å². The SMILES string of the molecule is CCCCCCCCCCCCCCCCC(CCCCCCCCCCCCCCCC)[N+](C)(C)CCCCCCCCCCCCCCCC. The maximum absolute atomic E-state index is 2.60. The highest BCUT2D eigenvalue weighted by Crippen LogP contribution is 2.24. The number of hydrogen-bond acceptors (Lipinski definition) is 0. The minimum absolute atomic E-state index is 0.886. The summed E-state index contributed by atoms with van der Waals surface area (Å²) in [5, 5.41) is 0. The molecule has 0 bridgehead atoms. The van der Waals surface area contributed by atoms with Crippen LogP contribution in [0.1, 0.15) is 303 Å². The van der Waals surface area contributed by atoms with Crippen LogP contribution in [0.2, 0.25) is 0 Å². The lowest BCUT2D eigenvalue weighted by atomic mass is 9.96. The molecule has 0 heterocycles. The van der Waals surface area contributed by atoms with E-state index >= 15 is 0 Å². The molecule has 0 fully saturated rings. The van der Waals surface area contributed by atoms with Crippen LogP contribution in [-0.2, 0) is 0 Å². The Morgan fingerprint density at radius 3 is 0.615 bits per heavy atom. The Kier molecular flexibility index (Phi) is 43.7. The number of rotatable bonds is 46. The Hall–Kier alpha value is -0.0400. The van der Waals surface area contributed by atoms with Crippen LogP contribution < -0.4 is 0 Å². The highest BCUT2D eigenvalue weighted by atomic mass is 15.3. The van der Waals surface area contributed by atoms with E-state index < -0.39 is 0 Å². The maximum atomic E-state index is 2.60. The van der Waals surface area contributed by atoms with Crippen LogP contribution in [0, 0.1) is 0 Å². The molecule has 0 amide bonds. The summed E-state index contributed by atoms with van der Waals surface area (Å²) in [4.78, 5) is 0. The standard InChI is InChI=1S/C51H106N/c1-6-9-12-15-18-21-24-27-30-33-36-39-42-45-48-51(49-46-43-40-37-34-31-28-25-22-19-16-13-10-7-2)52(4,5)50-47-44-41-38-35-32-29-26-23-20-17-14-11-8-3/h51H,6-50H2,1-5H3/q+1. The van der Waals surface area contributed by atoms with Gasteiger partial charge in [0.25, 0.3) is 0 Å². The minimum atomic E-state index is 0.886. The molecule has 1 heteroatoms. The summed E-state index contributed by atoms with van der Waals surface area (Å²) in [6.45, 7) is 8.37. The first-order chi connectivity index (χ1) is 25.6. The summed E-state index contributed by atoms with van der Waals surface area (Å²) < 4.78 is 1.29. The third kappa shape index (κ3) is 39.6. The van der Waals surface area contributed by atoms with Crippen LogP contribution in [0.15, 0.2) is 0 Å². The Balaban J connectivity index is 4.20. The van der Waals surface area contributed by atoms with Gasteiger partial charge in [-0.2, -0.15) is 0 Å². The number of unbranched alkanes of at least 4 members (excludes halogenated alkanes) is 39. The first kappa shape index (κ1) is 52.0. The van der Waals surface area contributed by atoms with Crippen LogP contribution in [0.4, 0.5) is 0 Å². The second-order valence-electron chi connectivity index (χ2n) is 18.5. The Morgan fingerprint density at radius 1 is 0.231 bits per heavy atom. The molecule has 0 aliphatic heterocycles. The van der Waals surface area contributed by atoms with Crippen LogP contribution in [0.25, 0.3) is 0 Å². The van der Waals surface area contributed by atoms with Crippen LogP contribution in [0.5, 0.6) is 0 Å². The molecule has 52 heavy (non-hydrogen) atoms. The third-order valence-corrected chi connectivity index (χ3v) is 12.9. The summed E-state index contributed by atoms with van der Waals surface area (Å²) in [5.41, 5.74) is 0. The molecule has 0 atom stereocenters. The van der Waals surface area contributed by atoms with Gasteiger partial charge in [0.05, 0.1) is 26.7 Å². The van der Waals surface area contributed by atoms with E-state index in [2.05, 4.69) is 34.9 Å². The molecule has 0 aromatic carbocycles. The smallest absolute Gasteiger partial charge is 0.0886 e. The molecule has 0 saturated heterocycles. The summed E-state index contributed by atoms with van der Waals surface area (Å²) in [5.74, 6) is 0. The number of quaternary nitrogens is 1. The van der Waals surface area contributed by atoms with E-state index in [1.165, 1.54) is 294 Å². The van der Waals surface area contributed by atoms with Crippen molar-refractivity contribution in [3.8, 4) is 0 Å². The van der Waals surface area contributed by atoms with E-state index in [-0.39, 0.29) is 0 Å². The largest absolute Gasteiger partial charge is 0.326 e. The summed E-state index contributed by atoms with van der Waals surface area (Å²) in [6.07, 6.45) is 64.6. The van der Waals surface area contributed by atoms with Crippen molar-refractivity contribution in [2.45, 2.75) is 309 Å². The first-order valence-electron chi connectivity index (χ1n) is 25.4. The van der Waals surface area contributed by atoms with Crippen molar-refractivity contribution in [1.29, 1.82) is 0 Å². The van der Waals surface area contributed by atoms with Gasteiger partial charge in [0.2, 0.25) is 0 Å². The first-order valence-corrected chi connectivity index (χ1v) is 25.4. The zero-order chi connectivity index (χ0) is 37.9. The summed E-state index contributed by atoms with van der Waals surface area (Å²) >= 11 is 0. The Bertz CT molecular complexity index is 593. The third-order valence-electron chi connectivity index (χ3n) is 12.9. The topological polar surface area (TPSA) is 0 Å². The van der Waals surface area contributed by atoms with Crippen molar-refractivity contribution in [2.75, 3.05) is 20.6 Å². The molecule has 0 aliphatic carbocycles. The van der Waals surface area contributed by atoms with Gasteiger partial charge in [-0.15, -0.1) is 0 Å². The molecule has 0 aliphatic rings. The van der Waals surface area contributed by atoms with Crippen molar-refractivity contribution in [2.24, 2.45) is 0 Å². The molecule has 0 N–H and O–H groups in total. The van der Waals surface area contributed by atoms with Crippen molar-refractivity contribution >= 4 is 0 Å². The van der Waals surface area contributed by atoms with Crippen LogP contribution >= 0.6 is 0 Å². The lowest BCUT2D eigenvalue weighted by Crippen LogP contribution is -2.49. The van der Waals surface area contributed by atoms with Crippen molar-refractivity contribution in [1.82, 2.24) is 0 Å². The minimum Gasteiger partial charge on any atom is -0.326 e. The average molecular weight is 733 g/mol. The normalized spacial score (nSPS) is 12.1. The lowest BCUT2D eigenvalue weighted by Gasteiger charge is -2.39. The molecule has 0 aromatic heterocycles. The van der Waals surface area contributed by atoms with Crippen molar-refractivity contribution < 1.29 is 4.48 Å². The van der Waals surface area contributed by atoms with Gasteiger partial charge < -0.3 is 4.48 Å². The van der Waals surface area contributed by atoms with E-state index in [9.17, 15) is 0 Å². The highest BCUT2D eigenvalue weighted by Gasteiger charge is 2.26. The van der Waals surface area contributed by atoms with E-state index in [1.54, 1.807) is 0 Å². The predicted octanol–water partition coefficient (Wildman–Crippen LogP) is 18.7. The van der Waals surface area contributed by atoms with Gasteiger partial charge in [0.15, 0.2) is 0 Å². The Labute approximate surface area is 333 Å². The molecular formula is C51H106N+. The molecule has 0 unspecified atom stereocenters. The second-order valence-corrected chi connectivity index (χ2v) is 18.5. The molecular weight excluding hydrogens is 627 g/mol. The molecule has 314 valence electrons. The fourth-order valence-corrected chi connectivity index (χ4v) is 8.89. The molecule has 1 nitrogen and oxygen atoms in total. The van der Waals surface area contributed by atoms with E-state index in [1.807, 2.05) is 0 Å². The summed E-state index contributed by atoms with van der Waals surface area (Å²) in [6, 6.07) is 0.886. The monoisotopic (exact) mass is 733 g/mol. The fourth-order valence-electron chi connectivity index (χ4n) is 8.89.